The average Bonchev–Trinajstić information content (AvgIpc) is 1.87. The van der Waals surface area contributed by atoms with E-state index in [2.05, 4.69) is 4.74 Å². The Hall–Kier alpha value is -0.900. The molecule has 0 radical (unpaired) electrons. The molecule has 4 heteroatoms. The predicted molar refractivity (Wildman–Crippen MR) is 28.7 cm³/mol. The molecule has 0 aromatic heterocycles. The zero-order valence-electron chi connectivity index (χ0n) is 5.03. The van der Waals surface area contributed by atoms with Crippen molar-refractivity contribution < 1.29 is 19.4 Å². The number of ether oxygens (including phenoxy) is 1. The van der Waals surface area contributed by atoms with Gasteiger partial charge in [-0.1, -0.05) is 0 Å². The summed E-state index contributed by atoms with van der Waals surface area (Å²) in [5, 5.41) is 8.49. The lowest BCUT2D eigenvalue weighted by molar-refractivity contribution is -0.144. The van der Waals surface area contributed by atoms with Crippen LogP contribution >= 0.6 is 0 Å². The van der Waals surface area contributed by atoms with Gasteiger partial charge in [-0.05, 0) is 0 Å². The molecule has 0 aromatic carbocycles. The molecule has 0 aliphatic rings. The quantitative estimate of drug-likeness (QED) is 0.399. The molecule has 1 N–H and O–H groups in total. The van der Waals surface area contributed by atoms with E-state index in [9.17, 15) is 9.59 Å². The molecule has 0 aliphatic carbocycles. The minimum Gasteiger partial charge on any atom is -0.469 e. The van der Waals surface area contributed by atoms with Gasteiger partial charge < -0.3 is 14.6 Å². The fourth-order valence-corrected chi connectivity index (χ4v) is 0.302. The molecule has 0 fully saturated rings. The predicted octanol–water partition coefficient (Wildman–Crippen LogP) is -0.891. The van der Waals surface area contributed by atoms with Crippen molar-refractivity contribution in [3.05, 3.63) is 0 Å². The van der Waals surface area contributed by atoms with Crippen LogP contribution in [0, 0.1) is 0 Å². The molecule has 0 saturated carbocycles. The van der Waals surface area contributed by atoms with E-state index < -0.39 is 12.1 Å². The topological polar surface area (TPSA) is 63.6 Å². The zero-order chi connectivity index (χ0) is 7.28. The maximum absolute atomic E-state index is 10.2. The van der Waals surface area contributed by atoms with Gasteiger partial charge >= 0.3 is 5.97 Å². The zero-order valence-corrected chi connectivity index (χ0v) is 5.03. The van der Waals surface area contributed by atoms with Crippen LogP contribution in [0.1, 0.15) is 6.42 Å². The summed E-state index contributed by atoms with van der Waals surface area (Å²) in [6.45, 7) is 0. The number of esters is 1. The summed E-state index contributed by atoms with van der Waals surface area (Å²) in [7, 11) is 1.19. The molecule has 0 bridgehead atoms. The van der Waals surface area contributed by atoms with Crippen molar-refractivity contribution in [2.75, 3.05) is 7.11 Å². The molecule has 0 aliphatic heterocycles. The van der Waals surface area contributed by atoms with Crippen molar-refractivity contribution in [3.8, 4) is 0 Å². The molecule has 52 valence electrons. The van der Waals surface area contributed by atoms with E-state index in [1.807, 2.05) is 0 Å². The highest BCUT2D eigenvalue weighted by Crippen LogP contribution is 1.88. The molecule has 1 unspecified atom stereocenters. The first-order chi connectivity index (χ1) is 4.20. The smallest absolute Gasteiger partial charge is 0.308 e. The highest BCUT2D eigenvalue weighted by Gasteiger charge is 2.07. The summed E-state index contributed by atoms with van der Waals surface area (Å²) in [4.78, 5) is 19.9. The van der Waals surface area contributed by atoms with Gasteiger partial charge in [0.05, 0.1) is 13.5 Å². The molecule has 4 nitrogen and oxygen atoms in total. The SMILES string of the molecule is COC(=O)CC(O)C=O. The Kier molecular flexibility index (Phi) is 3.62. The van der Waals surface area contributed by atoms with Crippen molar-refractivity contribution in [1.82, 2.24) is 0 Å². The minimum atomic E-state index is -1.22. The molecule has 0 rings (SSSR count). The number of aliphatic hydroxyl groups is 1. The van der Waals surface area contributed by atoms with Crippen LogP contribution in [0.3, 0.4) is 0 Å². The van der Waals surface area contributed by atoms with Gasteiger partial charge in [0.2, 0.25) is 0 Å². The maximum atomic E-state index is 10.2. The Bertz CT molecular complexity index is 110. The van der Waals surface area contributed by atoms with Crippen molar-refractivity contribution in [2.45, 2.75) is 12.5 Å². The third-order valence-electron chi connectivity index (χ3n) is 0.761. The largest absolute Gasteiger partial charge is 0.469 e. The monoisotopic (exact) mass is 132 g/mol. The first-order valence-electron chi connectivity index (χ1n) is 2.41. The van der Waals surface area contributed by atoms with Crippen molar-refractivity contribution in [2.24, 2.45) is 0 Å². The van der Waals surface area contributed by atoms with Crippen molar-refractivity contribution in [3.63, 3.8) is 0 Å². The lowest BCUT2D eigenvalue weighted by atomic mass is 10.3. The highest BCUT2D eigenvalue weighted by molar-refractivity contribution is 5.74. The fourth-order valence-electron chi connectivity index (χ4n) is 0.302. The number of hydrogen-bond donors (Lipinski definition) is 1. The van der Waals surface area contributed by atoms with E-state index in [0.717, 1.165) is 0 Å². The van der Waals surface area contributed by atoms with Crippen molar-refractivity contribution >= 4 is 12.3 Å². The number of carbonyl (C=O) groups is 2. The molecule has 0 amide bonds. The van der Waals surface area contributed by atoms with Crippen LogP contribution in [0.4, 0.5) is 0 Å². The number of rotatable bonds is 3. The summed E-state index contributed by atoms with van der Waals surface area (Å²) >= 11 is 0. The van der Waals surface area contributed by atoms with Crippen LogP contribution in [0.15, 0.2) is 0 Å². The number of methoxy groups -OCH3 is 1. The van der Waals surface area contributed by atoms with E-state index in [4.69, 9.17) is 5.11 Å². The lowest BCUT2D eigenvalue weighted by Gasteiger charge is -1.98. The Balaban J connectivity index is 3.46. The van der Waals surface area contributed by atoms with Crippen LogP contribution in [-0.4, -0.2) is 30.6 Å². The normalized spacial score (nSPS) is 12.2. The van der Waals surface area contributed by atoms with Gasteiger partial charge in [-0.15, -0.1) is 0 Å². The maximum Gasteiger partial charge on any atom is 0.308 e. The summed E-state index contributed by atoms with van der Waals surface area (Å²) in [5.41, 5.74) is 0. The lowest BCUT2D eigenvalue weighted by Crippen LogP contribution is -2.15. The van der Waals surface area contributed by atoms with E-state index in [-0.39, 0.29) is 12.7 Å². The number of carbonyl (C=O) groups excluding carboxylic acids is 2. The number of aldehydes is 1. The van der Waals surface area contributed by atoms with Gasteiger partial charge in [0.1, 0.15) is 12.4 Å². The first kappa shape index (κ1) is 8.10. The van der Waals surface area contributed by atoms with Crippen LogP contribution < -0.4 is 0 Å². The molecule has 9 heavy (non-hydrogen) atoms. The molecule has 0 spiro atoms. The van der Waals surface area contributed by atoms with E-state index in [1.165, 1.54) is 7.11 Å². The Morgan fingerprint density at radius 1 is 1.89 bits per heavy atom. The minimum absolute atomic E-state index is 0.264. The second kappa shape index (κ2) is 4.03. The van der Waals surface area contributed by atoms with Gasteiger partial charge in [-0.25, -0.2) is 0 Å². The summed E-state index contributed by atoms with van der Waals surface area (Å²) < 4.78 is 4.16. The Morgan fingerprint density at radius 3 is 2.78 bits per heavy atom. The summed E-state index contributed by atoms with van der Waals surface area (Å²) in [5.74, 6) is -0.588. The van der Waals surface area contributed by atoms with Crippen molar-refractivity contribution in [1.29, 1.82) is 0 Å². The van der Waals surface area contributed by atoms with Gasteiger partial charge in [0.25, 0.3) is 0 Å². The molecular formula is C5H8O4. The van der Waals surface area contributed by atoms with E-state index in [0.29, 0.717) is 0 Å². The molecule has 0 saturated heterocycles. The first-order valence-corrected chi connectivity index (χ1v) is 2.41. The molecular weight excluding hydrogens is 124 g/mol. The molecule has 1 atom stereocenters. The van der Waals surface area contributed by atoms with E-state index >= 15 is 0 Å². The van der Waals surface area contributed by atoms with Crippen LogP contribution in [0.5, 0.6) is 0 Å². The van der Waals surface area contributed by atoms with Crippen LogP contribution in [-0.2, 0) is 14.3 Å². The summed E-state index contributed by atoms with van der Waals surface area (Å²) in [6.07, 6.45) is -1.20. The third-order valence-corrected chi connectivity index (χ3v) is 0.761. The standard InChI is InChI=1S/C5H8O4/c1-9-5(8)2-4(7)3-6/h3-4,7H,2H2,1H3. The van der Waals surface area contributed by atoms with Crippen LogP contribution in [0.25, 0.3) is 0 Å². The number of hydrogen-bond acceptors (Lipinski definition) is 4. The van der Waals surface area contributed by atoms with E-state index in [1.54, 1.807) is 0 Å². The fraction of sp³-hybridized carbons (Fsp3) is 0.600. The Morgan fingerprint density at radius 2 is 2.44 bits per heavy atom. The van der Waals surface area contributed by atoms with Gasteiger partial charge in [0.15, 0.2) is 0 Å². The highest BCUT2D eigenvalue weighted by atomic mass is 16.5. The van der Waals surface area contributed by atoms with Gasteiger partial charge in [0, 0.05) is 0 Å². The van der Waals surface area contributed by atoms with Gasteiger partial charge in [-0.2, -0.15) is 0 Å². The van der Waals surface area contributed by atoms with Gasteiger partial charge in [-0.3, -0.25) is 4.79 Å². The Labute approximate surface area is 52.4 Å². The second-order valence-corrected chi connectivity index (χ2v) is 1.48. The third kappa shape index (κ3) is 3.66. The second-order valence-electron chi connectivity index (χ2n) is 1.48. The van der Waals surface area contributed by atoms with Crippen LogP contribution in [0.2, 0.25) is 0 Å². The summed E-state index contributed by atoms with van der Waals surface area (Å²) in [6, 6.07) is 0. The average molecular weight is 132 g/mol. The molecule has 0 aromatic rings. The number of aliphatic hydroxyl groups excluding tert-OH is 1. The molecule has 0 heterocycles.